The molecule has 0 aliphatic heterocycles. The predicted octanol–water partition coefficient (Wildman–Crippen LogP) is 3.82. The van der Waals surface area contributed by atoms with E-state index in [9.17, 15) is 9.59 Å². The molecule has 0 aromatic heterocycles. The molecule has 2 aromatic carbocycles. The maximum Gasteiger partial charge on any atom is 0.251 e. The first-order valence-corrected chi connectivity index (χ1v) is 8.69. The third-order valence-electron chi connectivity index (χ3n) is 3.47. The first-order valence-electron chi connectivity index (χ1n) is 7.81. The van der Waals surface area contributed by atoms with Gasteiger partial charge < -0.3 is 10.6 Å². The zero-order chi connectivity index (χ0) is 16.8. The second-order valence-corrected chi connectivity index (χ2v) is 6.53. The van der Waals surface area contributed by atoms with Crippen LogP contribution in [0.3, 0.4) is 0 Å². The van der Waals surface area contributed by atoms with E-state index in [0.29, 0.717) is 17.3 Å². The molecule has 0 unspecified atom stereocenters. The van der Waals surface area contributed by atoms with Gasteiger partial charge in [-0.1, -0.05) is 36.0 Å². The van der Waals surface area contributed by atoms with Gasteiger partial charge in [-0.3, -0.25) is 9.59 Å². The van der Waals surface area contributed by atoms with Gasteiger partial charge in [-0.25, -0.2) is 0 Å². The van der Waals surface area contributed by atoms with Crippen LogP contribution in [0.1, 0.15) is 23.2 Å². The van der Waals surface area contributed by atoms with E-state index in [-0.39, 0.29) is 11.8 Å². The third-order valence-corrected chi connectivity index (χ3v) is 4.29. The van der Waals surface area contributed by atoms with Crippen molar-refractivity contribution < 1.29 is 9.59 Å². The molecule has 0 saturated heterocycles. The Labute approximate surface area is 145 Å². The van der Waals surface area contributed by atoms with Crippen LogP contribution in [-0.4, -0.2) is 17.9 Å². The standard InChI is InChI=1S/C19H18N2O2S/c22-18(11-12-24-17-7-2-1-3-8-17)20-16-6-4-5-14(13-16)19(23)21-15-9-10-15/h1-8,11-13,15H,9-10H2,(H,20,22)(H,21,23)/b12-11+. The van der Waals surface area contributed by atoms with Crippen LogP contribution in [-0.2, 0) is 4.79 Å². The number of rotatable bonds is 6. The Morgan fingerprint density at radius 2 is 1.83 bits per heavy atom. The number of thioether (sulfide) groups is 1. The molecule has 4 nitrogen and oxygen atoms in total. The highest BCUT2D eigenvalue weighted by Gasteiger charge is 2.23. The number of hydrogen-bond donors (Lipinski definition) is 2. The van der Waals surface area contributed by atoms with Crippen molar-refractivity contribution in [3.63, 3.8) is 0 Å². The zero-order valence-electron chi connectivity index (χ0n) is 13.1. The monoisotopic (exact) mass is 338 g/mol. The second kappa shape index (κ2) is 7.84. The Kier molecular flexibility index (Phi) is 5.33. The van der Waals surface area contributed by atoms with E-state index < -0.39 is 0 Å². The quantitative estimate of drug-likeness (QED) is 0.622. The number of anilines is 1. The van der Waals surface area contributed by atoms with Gasteiger partial charge in [0.25, 0.3) is 5.91 Å². The summed E-state index contributed by atoms with van der Waals surface area (Å²) in [4.78, 5) is 25.1. The van der Waals surface area contributed by atoms with Gasteiger partial charge >= 0.3 is 0 Å². The SMILES string of the molecule is O=C(/C=C/Sc1ccccc1)Nc1cccc(C(=O)NC2CC2)c1. The summed E-state index contributed by atoms with van der Waals surface area (Å²) in [6.07, 6.45) is 3.58. The van der Waals surface area contributed by atoms with Crippen LogP contribution in [0.25, 0.3) is 0 Å². The fraction of sp³-hybridized carbons (Fsp3) is 0.158. The summed E-state index contributed by atoms with van der Waals surface area (Å²) in [7, 11) is 0. The Balaban J connectivity index is 1.54. The van der Waals surface area contributed by atoms with Crippen LogP contribution in [0.15, 0.2) is 71.0 Å². The van der Waals surface area contributed by atoms with Crippen molar-refractivity contribution in [3.05, 3.63) is 71.6 Å². The molecular formula is C19H18N2O2S. The Morgan fingerprint density at radius 1 is 1.04 bits per heavy atom. The van der Waals surface area contributed by atoms with Crippen molar-refractivity contribution in [2.75, 3.05) is 5.32 Å². The molecule has 1 saturated carbocycles. The molecule has 24 heavy (non-hydrogen) atoms. The van der Waals surface area contributed by atoms with E-state index in [0.717, 1.165) is 17.7 Å². The van der Waals surface area contributed by atoms with Crippen LogP contribution in [0.5, 0.6) is 0 Å². The van der Waals surface area contributed by atoms with Gasteiger partial charge in [0.1, 0.15) is 0 Å². The highest BCUT2D eigenvalue weighted by molar-refractivity contribution is 8.02. The molecule has 0 spiro atoms. The van der Waals surface area contributed by atoms with Gasteiger partial charge in [-0.15, -0.1) is 0 Å². The summed E-state index contributed by atoms with van der Waals surface area (Å²) < 4.78 is 0. The van der Waals surface area contributed by atoms with Crippen molar-refractivity contribution in [2.45, 2.75) is 23.8 Å². The van der Waals surface area contributed by atoms with Crippen molar-refractivity contribution in [1.82, 2.24) is 5.32 Å². The fourth-order valence-corrected chi connectivity index (χ4v) is 2.76. The lowest BCUT2D eigenvalue weighted by atomic mass is 10.2. The summed E-state index contributed by atoms with van der Waals surface area (Å²) in [5.74, 6) is -0.318. The summed E-state index contributed by atoms with van der Waals surface area (Å²) >= 11 is 1.48. The summed E-state index contributed by atoms with van der Waals surface area (Å²) in [5, 5.41) is 7.45. The maximum absolute atomic E-state index is 12.0. The number of hydrogen-bond acceptors (Lipinski definition) is 3. The molecule has 0 atom stereocenters. The number of carbonyl (C=O) groups excluding carboxylic acids is 2. The van der Waals surface area contributed by atoms with Gasteiger partial charge in [0.05, 0.1) is 0 Å². The smallest absolute Gasteiger partial charge is 0.251 e. The minimum atomic E-state index is -0.224. The molecule has 2 N–H and O–H groups in total. The molecule has 3 rings (SSSR count). The minimum absolute atomic E-state index is 0.0937. The van der Waals surface area contributed by atoms with Crippen LogP contribution < -0.4 is 10.6 Å². The van der Waals surface area contributed by atoms with Crippen molar-refractivity contribution in [1.29, 1.82) is 0 Å². The maximum atomic E-state index is 12.0. The molecule has 0 radical (unpaired) electrons. The average molecular weight is 338 g/mol. The van der Waals surface area contributed by atoms with E-state index in [1.54, 1.807) is 29.7 Å². The van der Waals surface area contributed by atoms with E-state index in [1.165, 1.54) is 17.8 Å². The van der Waals surface area contributed by atoms with E-state index in [1.807, 2.05) is 30.3 Å². The van der Waals surface area contributed by atoms with Crippen molar-refractivity contribution in [3.8, 4) is 0 Å². The highest BCUT2D eigenvalue weighted by Crippen LogP contribution is 2.20. The molecule has 2 amide bonds. The van der Waals surface area contributed by atoms with Gasteiger partial charge in [-0.2, -0.15) is 0 Å². The summed E-state index contributed by atoms with van der Waals surface area (Å²) in [6.45, 7) is 0. The molecule has 122 valence electrons. The van der Waals surface area contributed by atoms with E-state index in [4.69, 9.17) is 0 Å². The normalized spacial score (nSPS) is 13.7. The summed E-state index contributed by atoms with van der Waals surface area (Å²) in [6, 6.07) is 17.1. The summed E-state index contributed by atoms with van der Waals surface area (Å²) in [5.41, 5.74) is 1.17. The van der Waals surface area contributed by atoms with Crippen molar-refractivity contribution in [2.24, 2.45) is 0 Å². The van der Waals surface area contributed by atoms with Gasteiger partial charge in [-0.05, 0) is 48.6 Å². The lowest BCUT2D eigenvalue weighted by Gasteiger charge is -2.06. The first-order chi connectivity index (χ1) is 11.7. The average Bonchev–Trinajstić information content (AvgIpc) is 3.40. The predicted molar refractivity (Wildman–Crippen MR) is 97.0 cm³/mol. The molecule has 2 aromatic rings. The van der Waals surface area contributed by atoms with Crippen LogP contribution in [0, 0.1) is 0 Å². The van der Waals surface area contributed by atoms with Gasteiger partial charge in [0, 0.05) is 28.3 Å². The van der Waals surface area contributed by atoms with Gasteiger partial charge in [0.2, 0.25) is 5.91 Å². The Bertz CT molecular complexity index is 755. The largest absolute Gasteiger partial charge is 0.349 e. The molecule has 1 fully saturated rings. The number of carbonyl (C=O) groups is 2. The topological polar surface area (TPSA) is 58.2 Å². The number of benzene rings is 2. The van der Waals surface area contributed by atoms with Gasteiger partial charge in [0.15, 0.2) is 0 Å². The lowest BCUT2D eigenvalue weighted by molar-refractivity contribution is -0.111. The molecule has 1 aliphatic carbocycles. The van der Waals surface area contributed by atoms with E-state index in [2.05, 4.69) is 10.6 Å². The first kappa shape index (κ1) is 16.3. The Morgan fingerprint density at radius 3 is 2.58 bits per heavy atom. The Hall–Kier alpha value is -2.53. The third kappa shape index (κ3) is 4.99. The molecule has 5 heteroatoms. The zero-order valence-corrected chi connectivity index (χ0v) is 13.9. The van der Waals surface area contributed by atoms with Crippen LogP contribution in [0.4, 0.5) is 5.69 Å². The fourth-order valence-electron chi connectivity index (χ4n) is 2.09. The van der Waals surface area contributed by atoms with Crippen molar-refractivity contribution >= 4 is 29.3 Å². The van der Waals surface area contributed by atoms with E-state index >= 15 is 0 Å². The number of amides is 2. The van der Waals surface area contributed by atoms with Crippen LogP contribution >= 0.6 is 11.8 Å². The molecule has 0 heterocycles. The van der Waals surface area contributed by atoms with Crippen LogP contribution in [0.2, 0.25) is 0 Å². The molecule has 1 aliphatic rings. The highest BCUT2D eigenvalue weighted by atomic mass is 32.2. The number of nitrogens with one attached hydrogen (secondary N) is 2. The second-order valence-electron chi connectivity index (χ2n) is 5.55. The molecular weight excluding hydrogens is 320 g/mol. The lowest BCUT2D eigenvalue weighted by Crippen LogP contribution is -2.25. The molecule has 0 bridgehead atoms. The minimum Gasteiger partial charge on any atom is -0.349 e.